The molecule has 0 radical (unpaired) electrons. The zero-order valence-electron chi connectivity index (χ0n) is 4.62. The third-order valence-electron chi connectivity index (χ3n) is 0.437. The van der Waals surface area contributed by atoms with Gasteiger partial charge in [0.1, 0.15) is 0 Å². The van der Waals surface area contributed by atoms with Crippen molar-refractivity contribution in [2.75, 3.05) is 13.3 Å². The molecule has 0 amide bonds. The predicted octanol–water partition coefficient (Wildman–Crippen LogP) is 0.601. The first-order chi connectivity index (χ1) is 3.62. The Morgan fingerprint density at radius 2 is 2.38 bits per heavy atom. The SMILES string of the molecule is CNOP(=O)(O)SC. The van der Waals surface area contributed by atoms with Gasteiger partial charge < -0.3 is 4.89 Å². The molecule has 50 valence electrons. The first kappa shape index (κ1) is 8.46. The Balaban J connectivity index is 3.55. The second kappa shape index (κ2) is 3.48. The average molecular weight is 157 g/mol. The van der Waals surface area contributed by atoms with E-state index in [0.29, 0.717) is 0 Å². The molecule has 0 aliphatic heterocycles. The van der Waals surface area contributed by atoms with Gasteiger partial charge in [-0.2, -0.15) is 5.48 Å². The summed E-state index contributed by atoms with van der Waals surface area (Å²) in [4.78, 5) is 8.56. The lowest BCUT2D eigenvalue weighted by Crippen LogP contribution is -2.02. The third kappa shape index (κ3) is 3.46. The summed E-state index contributed by atoms with van der Waals surface area (Å²) in [5, 5.41) is 0. The van der Waals surface area contributed by atoms with Crippen molar-refractivity contribution in [2.45, 2.75) is 0 Å². The first-order valence-corrected chi connectivity index (χ1v) is 5.27. The molecular weight excluding hydrogens is 149 g/mol. The van der Waals surface area contributed by atoms with Gasteiger partial charge in [-0.05, 0) is 17.6 Å². The van der Waals surface area contributed by atoms with E-state index in [0.717, 1.165) is 11.4 Å². The Morgan fingerprint density at radius 1 is 1.88 bits per heavy atom. The van der Waals surface area contributed by atoms with Crippen LogP contribution < -0.4 is 5.48 Å². The van der Waals surface area contributed by atoms with E-state index in [2.05, 4.69) is 10.1 Å². The fourth-order valence-corrected chi connectivity index (χ4v) is 0.905. The molecule has 0 saturated carbocycles. The zero-order chi connectivity index (χ0) is 6.62. The zero-order valence-corrected chi connectivity index (χ0v) is 6.33. The van der Waals surface area contributed by atoms with Crippen LogP contribution in [0.2, 0.25) is 0 Å². The summed E-state index contributed by atoms with van der Waals surface area (Å²) < 4.78 is 14.6. The largest absolute Gasteiger partial charge is 0.402 e. The van der Waals surface area contributed by atoms with Gasteiger partial charge in [0.2, 0.25) is 0 Å². The van der Waals surface area contributed by atoms with Gasteiger partial charge in [-0.15, -0.1) is 0 Å². The molecular formula is C2H8NO3PS. The second-order valence-electron chi connectivity index (χ2n) is 0.947. The molecule has 0 heterocycles. The molecule has 1 atom stereocenters. The molecule has 4 nitrogen and oxygen atoms in total. The highest BCUT2D eigenvalue weighted by Crippen LogP contribution is 2.52. The quantitative estimate of drug-likeness (QED) is 0.464. The van der Waals surface area contributed by atoms with Crippen LogP contribution in [0.3, 0.4) is 0 Å². The Labute approximate surface area is 51.9 Å². The standard InChI is InChI=1S/C2H8NO3PS/c1-3-6-7(4,5)8-2/h3H,1-2H3,(H,4,5). The second-order valence-corrected chi connectivity index (χ2v) is 4.91. The van der Waals surface area contributed by atoms with Gasteiger partial charge in [0.05, 0.1) is 0 Å². The van der Waals surface area contributed by atoms with Crippen LogP contribution in [0.5, 0.6) is 0 Å². The Bertz CT molecular complexity index is 107. The lowest BCUT2D eigenvalue weighted by atomic mass is 11.6. The van der Waals surface area contributed by atoms with Crippen molar-refractivity contribution < 1.29 is 14.1 Å². The van der Waals surface area contributed by atoms with Gasteiger partial charge in [-0.3, -0.25) is 0 Å². The van der Waals surface area contributed by atoms with Crippen LogP contribution in [0.15, 0.2) is 0 Å². The van der Waals surface area contributed by atoms with Crippen LogP contribution in [-0.2, 0) is 9.19 Å². The van der Waals surface area contributed by atoms with Crippen LogP contribution in [-0.4, -0.2) is 18.2 Å². The topological polar surface area (TPSA) is 58.6 Å². The van der Waals surface area contributed by atoms with E-state index in [1.165, 1.54) is 13.3 Å². The summed E-state index contributed by atoms with van der Waals surface area (Å²) in [6.45, 7) is -3.37. The smallest absolute Gasteiger partial charge is 0.315 e. The highest BCUT2D eigenvalue weighted by atomic mass is 32.7. The molecule has 0 aliphatic carbocycles. The fourth-order valence-electron chi connectivity index (χ4n) is 0.153. The van der Waals surface area contributed by atoms with Gasteiger partial charge in [0, 0.05) is 7.05 Å². The lowest BCUT2D eigenvalue weighted by Gasteiger charge is -2.04. The van der Waals surface area contributed by atoms with E-state index in [4.69, 9.17) is 4.89 Å². The summed E-state index contributed by atoms with van der Waals surface area (Å²) in [6, 6.07) is 0. The molecule has 0 aromatic heterocycles. The Kier molecular flexibility index (Phi) is 3.68. The van der Waals surface area contributed by atoms with E-state index in [9.17, 15) is 4.57 Å². The highest BCUT2D eigenvalue weighted by Gasteiger charge is 2.15. The van der Waals surface area contributed by atoms with Crippen molar-refractivity contribution in [3.63, 3.8) is 0 Å². The molecule has 0 fully saturated rings. The van der Waals surface area contributed by atoms with Crippen molar-refractivity contribution in [1.29, 1.82) is 0 Å². The van der Waals surface area contributed by atoms with Gasteiger partial charge in [-0.25, -0.2) is 9.19 Å². The summed E-state index contributed by atoms with van der Waals surface area (Å²) in [5.41, 5.74) is 2.12. The van der Waals surface area contributed by atoms with Crippen molar-refractivity contribution in [2.24, 2.45) is 0 Å². The molecule has 0 aromatic carbocycles. The van der Waals surface area contributed by atoms with Crippen molar-refractivity contribution in [3.8, 4) is 0 Å². The van der Waals surface area contributed by atoms with Crippen molar-refractivity contribution in [3.05, 3.63) is 0 Å². The summed E-state index contributed by atoms with van der Waals surface area (Å²) >= 11 is 0.778. The maximum Gasteiger partial charge on any atom is 0.402 e. The monoisotopic (exact) mass is 157 g/mol. The molecule has 0 bridgehead atoms. The minimum Gasteiger partial charge on any atom is -0.315 e. The van der Waals surface area contributed by atoms with Gasteiger partial charge in [0.25, 0.3) is 0 Å². The van der Waals surface area contributed by atoms with E-state index >= 15 is 0 Å². The van der Waals surface area contributed by atoms with Crippen LogP contribution in [0, 0.1) is 0 Å². The number of nitrogens with one attached hydrogen (secondary N) is 1. The number of hydroxylamine groups is 1. The maximum atomic E-state index is 10.4. The van der Waals surface area contributed by atoms with Gasteiger partial charge in [-0.1, -0.05) is 0 Å². The minimum absolute atomic E-state index is 0.778. The molecule has 6 heteroatoms. The van der Waals surface area contributed by atoms with Crippen LogP contribution >= 0.6 is 18.2 Å². The molecule has 0 aromatic rings. The molecule has 1 unspecified atom stereocenters. The maximum absolute atomic E-state index is 10.4. The van der Waals surface area contributed by atoms with E-state index in [-0.39, 0.29) is 0 Å². The predicted molar refractivity (Wildman–Crippen MR) is 33.5 cm³/mol. The van der Waals surface area contributed by atoms with Crippen LogP contribution in [0.4, 0.5) is 0 Å². The Morgan fingerprint density at radius 3 is 2.50 bits per heavy atom. The van der Waals surface area contributed by atoms with Gasteiger partial charge >= 0.3 is 6.80 Å². The molecule has 0 spiro atoms. The number of rotatable bonds is 3. The number of hydrogen-bond donors (Lipinski definition) is 2. The third-order valence-corrected chi connectivity index (χ3v) is 2.92. The molecule has 0 aliphatic rings. The first-order valence-electron chi connectivity index (χ1n) is 1.86. The van der Waals surface area contributed by atoms with Gasteiger partial charge in [0.15, 0.2) is 0 Å². The van der Waals surface area contributed by atoms with Crippen LogP contribution in [0.1, 0.15) is 0 Å². The van der Waals surface area contributed by atoms with Crippen molar-refractivity contribution >= 4 is 18.2 Å². The lowest BCUT2D eigenvalue weighted by molar-refractivity contribution is 0.201. The molecule has 0 rings (SSSR count). The number of hydrogen-bond acceptors (Lipinski definition) is 4. The summed E-state index contributed by atoms with van der Waals surface area (Å²) in [6.07, 6.45) is 1.50. The van der Waals surface area contributed by atoms with Crippen molar-refractivity contribution in [1.82, 2.24) is 5.48 Å². The fraction of sp³-hybridized carbons (Fsp3) is 1.00. The molecule has 8 heavy (non-hydrogen) atoms. The van der Waals surface area contributed by atoms with E-state index in [1.54, 1.807) is 0 Å². The molecule has 2 N–H and O–H groups in total. The van der Waals surface area contributed by atoms with E-state index in [1.807, 2.05) is 0 Å². The highest BCUT2D eigenvalue weighted by molar-refractivity contribution is 8.54. The normalized spacial score (nSPS) is 17.9. The minimum atomic E-state index is -3.37. The van der Waals surface area contributed by atoms with Crippen LogP contribution in [0.25, 0.3) is 0 Å². The average Bonchev–Trinajstić information content (AvgIpc) is 1.67. The van der Waals surface area contributed by atoms with E-state index < -0.39 is 6.80 Å². The summed E-state index contributed by atoms with van der Waals surface area (Å²) in [5.74, 6) is 0. The molecule has 0 saturated heterocycles. The summed E-state index contributed by atoms with van der Waals surface area (Å²) in [7, 11) is 1.43. The Hall–Kier alpha value is 0.460.